The Morgan fingerprint density at radius 3 is 2.74 bits per heavy atom. The van der Waals surface area contributed by atoms with E-state index in [4.69, 9.17) is 11.6 Å². The van der Waals surface area contributed by atoms with Crippen molar-refractivity contribution >= 4 is 23.2 Å². The Morgan fingerprint density at radius 1 is 1.42 bits per heavy atom. The van der Waals surface area contributed by atoms with E-state index >= 15 is 0 Å². The summed E-state index contributed by atoms with van der Waals surface area (Å²) in [4.78, 5) is 11.0. The van der Waals surface area contributed by atoms with Gasteiger partial charge in [-0.3, -0.25) is 4.79 Å². The molecule has 0 bridgehead atoms. The maximum atomic E-state index is 12.8. The largest absolute Gasteiger partial charge is 0.418 e. The van der Waals surface area contributed by atoms with Gasteiger partial charge in [0.2, 0.25) is 5.91 Å². The van der Waals surface area contributed by atoms with Crippen LogP contribution in [-0.2, 0) is 11.0 Å². The number of carbonyl (C=O) groups excluding carboxylic acids is 1. The van der Waals surface area contributed by atoms with Gasteiger partial charge in [-0.1, -0.05) is 11.6 Å². The van der Waals surface area contributed by atoms with Crippen molar-refractivity contribution < 1.29 is 18.0 Å². The van der Waals surface area contributed by atoms with Crippen molar-refractivity contribution in [2.45, 2.75) is 25.1 Å². The smallest absolute Gasteiger partial charge is 0.382 e. The number of rotatable bonds is 3. The molecule has 3 nitrogen and oxygen atoms in total. The Labute approximate surface area is 113 Å². The Morgan fingerprint density at radius 2 is 2.16 bits per heavy atom. The van der Waals surface area contributed by atoms with Crippen molar-refractivity contribution in [2.24, 2.45) is 0 Å². The molecule has 1 aliphatic rings. The number of carbonyl (C=O) groups is 1. The van der Waals surface area contributed by atoms with Crippen molar-refractivity contribution in [3.63, 3.8) is 0 Å². The highest BCUT2D eigenvalue weighted by Gasteiger charge is 2.34. The average Bonchev–Trinajstić information content (AvgIpc) is 2.72. The van der Waals surface area contributed by atoms with Gasteiger partial charge in [-0.25, -0.2) is 0 Å². The van der Waals surface area contributed by atoms with Crippen LogP contribution in [0.25, 0.3) is 0 Å². The highest BCUT2D eigenvalue weighted by atomic mass is 35.5. The zero-order chi connectivity index (χ0) is 14.0. The molecule has 2 N–H and O–H groups in total. The predicted molar refractivity (Wildman–Crippen MR) is 66.1 cm³/mol. The van der Waals surface area contributed by atoms with E-state index in [0.29, 0.717) is 12.8 Å². The van der Waals surface area contributed by atoms with Gasteiger partial charge in [0.25, 0.3) is 0 Å². The molecule has 1 atom stereocenters. The number of anilines is 1. The lowest BCUT2D eigenvalue weighted by molar-refractivity contribution is -0.137. The molecule has 1 fully saturated rings. The van der Waals surface area contributed by atoms with Crippen molar-refractivity contribution in [3.05, 3.63) is 28.8 Å². The molecule has 0 spiro atoms. The molecule has 19 heavy (non-hydrogen) atoms. The Hall–Kier alpha value is -1.43. The van der Waals surface area contributed by atoms with Gasteiger partial charge in [0.05, 0.1) is 5.56 Å². The SMILES string of the molecule is O=C1CCC(CNc2ccc(Cl)cc2C(F)(F)F)N1. The normalized spacial score (nSPS) is 19.4. The number of benzene rings is 1. The van der Waals surface area contributed by atoms with Crippen LogP contribution < -0.4 is 10.6 Å². The average molecular weight is 293 g/mol. The number of alkyl halides is 3. The molecule has 1 heterocycles. The Kier molecular flexibility index (Phi) is 3.89. The van der Waals surface area contributed by atoms with E-state index in [1.54, 1.807) is 0 Å². The van der Waals surface area contributed by atoms with Crippen LogP contribution in [0, 0.1) is 0 Å². The van der Waals surface area contributed by atoms with Crippen LogP contribution in [0.15, 0.2) is 18.2 Å². The van der Waals surface area contributed by atoms with Crippen LogP contribution >= 0.6 is 11.6 Å². The quantitative estimate of drug-likeness (QED) is 0.899. The van der Waals surface area contributed by atoms with Crippen LogP contribution in [0.5, 0.6) is 0 Å². The number of hydrogen-bond acceptors (Lipinski definition) is 2. The van der Waals surface area contributed by atoms with Crippen molar-refractivity contribution in [3.8, 4) is 0 Å². The van der Waals surface area contributed by atoms with Crippen LogP contribution in [0.2, 0.25) is 5.02 Å². The number of nitrogens with one attached hydrogen (secondary N) is 2. The number of halogens is 4. The lowest BCUT2D eigenvalue weighted by Gasteiger charge is -2.17. The summed E-state index contributed by atoms with van der Waals surface area (Å²) in [5.41, 5.74) is -0.831. The molecule has 7 heteroatoms. The van der Waals surface area contributed by atoms with E-state index in [1.807, 2.05) is 0 Å². The van der Waals surface area contributed by atoms with E-state index < -0.39 is 11.7 Å². The summed E-state index contributed by atoms with van der Waals surface area (Å²) in [7, 11) is 0. The molecule has 104 valence electrons. The third kappa shape index (κ3) is 3.53. The molecule has 0 aliphatic carbocycles. The van der Waals surface area contributed by atoms with E-state index in [9.17, 15) is 18.0 Å². The fourth-order valence-electron chi connectivity index (χ4n) is 1.97. The van der Waals surface area contributed by atoms with Gasteiger partial charge in [0, 0.05) is 29.7 Å². The van der Waals surface area contributed by atoms with Crippen LogP contribution in [0.1, 0.15) is 18.4 Å². The van der Waals surface area contributed by atoms with E-state index in [1.165, 1.54) is 12.1 Å². The second-order valence-corrected chi connectivity index (χ2v) is 4.81. The first-order valence-electron chi connectivity index (χ1n) is 5.76. The van der Waals surface area contributed by atoms with Gasteiger partial charge in [-0.15, -0.1) is 0 Å². The van der Waals surface area contributed by atoms with Gasteiger partial charge in [-0.05, 0) is 24.6 Å². The summed E-state index contributed by atoms with van der Waals surface area (Å²) in [6.45, 7) is 0.260. The van der Waals surface area contributed by atoms with Gasteiger partial charge < -0.3 is 10.6 Å². The van der Waals surface area contributed by atoms with Crippen LogP contribution in [0.4, 0.5) is 18.9 Å². The summed E-state index contributed by atoms with van der Waals surface area (Å²) in [6.07, 6.45) is -3.42. The molecule has 2 rings (SSSR count). The third-order valence-corrected chi connectivity index (χ3v) is 3.15. The minimum Gasteiger partial charge on any atom is -0.382 e. The van der Waals surface area contributed by atoms with Gasteiger partial charge >= 0.3 is 6.18 Å². The second-order valence-electron chi connectivity index (χ2n) is 4.37. The van der Waals surface area contributed by atoms with E-state index in [2.05, 4.69) is 10.6 Å². The zero-order valence-corrected chi connectivity index (χ0v) is 10.6. The Bertz CT molecular complexity index is 490. The standard InChI is InChI=1S/C12H12ClF3N2O/c13-7-1-3-10(9(5-7)12(14,15)16)17-6-8-2-4-11(19)18-8/h1,3,5,8,17H,2,4,6H2,(H,18,19). The summed E-state index contributed by atoms with van der Waals surface area (Å²) in [5.74, 6) is -0.0704. The first kappa shape index (κ1) is 14.0. The van der Waals surface area contributed by atoms with Crippen molar-refractivity contribution in [1.29, 1.82) is 0 Å². The fourth-order valence-corrected chi connectivity index (χ4v) is 2.14. The van der Waals surface area contributed by atoms with E-state index in [0.717, 1.165) is 6.07 Å². The molecule has 0 saturated carbocycles. The molecule has 1 amide bonds. The highest BCUT2D eigenvalue weighted by Crippen LogP contribution is 2.36. The molecule has 1 unspecified atom stereocenters. The zero-order valence-electron chi connectivity index (χ0n) is 9.85. The van der Waals surface area contributed by atoms with Gasteiger partial charge in [0.15, 0.2) is 0 Å². The molecular weight excluding hydrogens is 281 g/mol. The maximum Gasteiger partial charge on any atom is 0.418 e. The molecular formula is C12H12ClF3N2O. The second kappa shape index (κ2) is 5.28. The van der Waals surface area contributed by atoms with Crippen molar-refractivity contribution in [1.82, 2.24) is 5.32 Å². The molecule has 1 aromatic carbocycles. The van der Waals surface area contributed by atoms with Gasteiger partial charge in [0.1, 0.15) is 0 Å². The summed E-state index contributed by atoms with van der Waals surface area (Å²) in [5, 5.41) is 5.44. The Balaban J connectivity index is 2.09. The van der Waals surface area contributed by atoms with E-state index in [-0.39, 0.29) is 29.2 Å². The summed E-state index contributed by atoms with van der Waals surface area (Å²) >= 11 is 5.58. The lowest BCUT2D eigenvalue weighted by atomic mass is 10.1. The number of amides is 1. The predicted octanol–water partition coefficient (Wildman–Crippen LogP) is 3.05. The first-order chi connectivity index (χ1) is 8.86. The van der Waals surface area contributed by atoms with Crippen LogP contribution in [-0.4, -0.2) is 18.5 Å². The highest BCUT2D eigenvalue weighted by molar-refractivity contribution is 6.30. The first-order valence-corrected chi connectivity index (χ1v) is 6.14. The summed E-state index contributed by atoms with van der Waals surface area (Å²) in [6, 6.07) is 3.44. The monoisotopic (exact) mass is 292 g/mol. The molecule has 1 aliphatic heterocycles. The summed E-state index contributed by atoms with van der Waals surface area (Å²) < 4.78 is 38.5. The van der Waals surface area contributed by atoms with Gasteiger partial charge in [-0.2, -0.15) is 13.2 Å². The topological polar surface area (TPSA) is 41.1 Å². The number of hydrogen-bond donors (Lipinski definition) is 2. The maximum absolute atomic E-state index is 12.8. The van der Waals surface area contributed by atoms with Crippen molar-refractivity contribution in [2.75, 3.05) is 11.9 Å². The lowest BCUT2D eigenvalue weighted by Crippen LogP contribution is -2.32. The minimum absolute atomic E-state index is 0.0296. The fraction of sp³-hybridized carbons (Fsp3) is 0.417. The molecule has 1 saturated heterocycles. The van der Waals surface area contributed by atoms with Crippen LogP contribution in [0.3, 0.4) is 0 Å². The molecule has 0 aromatic heterocycles. The molecule has 1 aromatic rings. The minimum atomic E-state index is -4.47. The molecule has 0 radical (unpaired) electrons. The third-order valence-electron chi connectivity index (χ3n) is 2.91.